The molecule has 1 aromatic rings. The summed E-state index contributed by atoms with van der Waals surface area (Å²) >= 11 is 0. The van der Waals surface area contributed by atoms with Crippen LogP contribution in [-0.2, 0) is 19.3 Å². The van der Waals surface area contributed by atoms with Crippen LogP contribution in [0.25, 0.3) is 0 Å². The summed E-state index contributed by atoms with van der Waals surface area (Å²) in [5, 5.41) is 3.52. The smallest absolute Gasteiger partial charge is 0.161 e. The molecule has 2 aliphatic heterocycles. The number of hydrogen-bond acceptors (Lipinski definition) is 6. The Labute approximate surface area is 163 Å². The molecule has 3 rings (SSSR count). The Morgan fingerprint density at radius 1 is 1.30 bits per heavy atom. The van der Waals surface area contributed by atoms with Crippen molar-refractivity contribution in [3.63, 3.8) is 0 Å². The van der Waals surface area contributed by atoms with Crippen molar-refractivity contribution in [2.75, 3.05) is 52.3 Å². The fourth-order valence-corrected chi connectivity index (χ4v) is 4.74. The van der Waals surface area contributed by atoms with E-state index in [9.17, 15) is 8.42 Å². The number of piperazine rings is 1. The molecule has 1 N–H and O–H groups in total. The zero-order valence-corrected chi connectivity index (χ0v) is 17.4. The van der Waals surface area contributed by atoms with Crippen LogP contribution in [0.4, 0.5) is 0 Å². The molecule has 0 aliphatic carbocycles. The second-order valence-corrected chi connectivity index (χ2v) is 10.6. The third kappa shape index (κ3) is 4.83. The van der Waals surface area contributed by atoms with Crippen LogP contribution in [0.1, 0.15) is 25.8 Å². The van der Waals surface area contributed by atoms with E-state index in [1.807, 2.05) is 24.3 Å². The van der Waals surface area contributed by atoms with Crippen molar-refractivity contribution in [3.8, 4) is 5.75 Å². The second-order valence-electron chi connectivity index (χ2n) is 8.23. The van der Waals surface area contributed by atoms with E-state index in [1.54, 1.807) is 0 Å². The van der Waals surface area contributed by atoms with Gasteiger partial charge in [-0.25, -0.2) is 8.42 Å². The van der Waals surface area contributed by atoms with Crippen molar-refractivity contribution in [1.82, 2.24) is 10.2 Å². The number of benzene rings is 1. The Balaban J connectivity index is 1.53. The summed E-state index contributed by atoms with van der Waals surface area (Å²) in [6.45, 7) is 9.80. The second kappa shape index (κ2) is 8.47. The zero-order chi connectivity index (χ0) is 19.5. The van der Waals surface area contributed by atoms with Crippen molar-refractivity contribution >= 4 is 9.84 Å². The van der Waals surface area contributed by atoms with E-state index in [1.165, 1.54) is 12.7 Å². The van der Waals surface area contributed by atoms with Crippen molar-refractivity contribution in [2.45, 2.75) is 31.1 Å². The summed E-state index contributed by atoms with van der Waals surface area (Å²) in [4.78, 5) is 2.50. The van der Waals surface area contributed by atoms with E-state index in [2.05, 4.69) is 24.1 Å². The summed E-state index contributed by atoms with van der Waals surface area (Å²) in [5.41, 5.74) is 0.777. The minimum absolute atomic E-state index is 0.226. The third-order valence-electron chi connectivity index (χ3n) is 5.57. The molecule has 1 aromatic carbocycles. The van der Waals surface area contributed by atoms with Gasteiger partial charge >= 0.3 is 0 Å². The molecule has 0 bridgehead atoms. The molecule has 0 spiro atoms. The predicted molar refractivity (Wildman–Crippen MR) is 107 cm³/mol. The van der Waals surface area contributed by atoms with Gasteiger partial charge in [0.2, 0.25) is 0 Å². The Bertz CT molecular complexity index is 714. The molecule has 2 heterocycles. The van der Waals surface area contributed by atoms with Gasteiger partial charge in [-0.3, -0.25) is 0 Å². The van der Waals surface area contributed by atoms with Gasteiger partial charge in [-0.1, -0.05) is 26.0 Å². The van der Waals surface area contributed by atoms with Crippen LogP contribution >= 0.6 is 0 Å². The maximum absolute atomic E-state index is 12.2. The van der Waals surface area contributed by atoms with Gasteiger partial charge in [-0.2, -0.15) is 0 Å². The first-order valence-corrected chi connectivity index (χ1v) is 11.7. The topological polar surface area (TPSA) is 67.9 Å². The number of hydrogen-bond donors (Lipinski definition) is 1. The lowest BCUT2D eigenvalue weighted by Crippen LogP contribution is -2.53. The lowest BCUT2D eigenvalue weighted by atomic mass is 9.96. The quantitative estimate of drug-likeness (QED) is 0.721. The van der Waals surface area contributed by atoms with E-state index in [0.717, 1.165) is 43.4 Å². The zero-order valence-electron chi connectivity index (χ0n) is 16.6. The summed E-state index contributed by atoms with van der Waals surface area (Å²) in [6.07, 6.45) is 2.50. The highest BCUT2D eigenvalue weighted by atomic mass is 32.2. The number of nitrogens with zero attached hydrogens (tertiary/aromatic N) is 1. The van der Waals surface area contributed by atoms with E-state index < -0.39 is 14.6 Å². The van der Waals surface area contributed by atoms with E-state index in [-0.39, 0.29) is 13.2 Å². The van der Waals surface area contributed by atoms with Gasteiger partial charge in [0.15, 0.2) is 9.84 Å². The predicted octanol–water partition coefficient (Wildman–Crippen LogP) is 1.66. The summed E-state index contributed by atoms with van der Waals surface area (Å²) in [6, 6.07) is 7.73. The molecular weight excluding hydrogens is 364 g/mol. The number of sulfone groups is 1. The Hall–Kier alpha value is -1.15. The summed E-state index contributed by atoms with van der Waals surface area (Å²) in [5.74, 6) is 1.49. The molecule has 27 heavy (non-hydrogen) atoms. The van der Waals surface area contributed by atoms with Gasteiger partial charge < -0.3 is 19.7 Å². The summed E-state index contributed by atoms with van der Waals surface area (Å²) in [7, 11) is -3.22. The Kier molecular flexibility index (Phi) is 6.46. The minimum Gasteiger partial charge on any atom is -0.492 e. The van der Waals surface area contributed by atoms with Crippen molar-refractivity contribution < 1.29 is 17.9 Å². The largest absolute Gasteiger partial charge is 0.492 e. The molecule has 2 aliphatic rings. The highest BCUT2D eigenvalue weighted by Gasteiger charge is 2.49. The van der Waals surface area contributed by atoms with Crippen molar-refractivity contribution in [3.05, 3.63) is 29.8 Å². The lowest BCUT2D eigenvalue weighted by Gasteiger charge is -2.40. The molecule has 0 aromatic heterocycles. The van der Waals surface area contributed by atoms with Crippen LogP contribution in [0.2, 0.25) is 0 Å². The molecule has 0 amide bonds. The van der Waals surface area contributed by atoms with Gasteiger partial charge in [0.05, 0.1) is 19.3 Å². The van der Waals surface area contributed by atoms with E-state index in [4.69, 9.17) is 9.47 Å². The van der Waals surface area contributed by atoms with E-state index in [0.29, 0.717) is 12.6 Å². The molecular formula is C20H32N2O4S. The molecule has 0 saturated carbocycles. The number of rotatable bonds is 8. The van der Waals surface area contributed by atoms with Crippen LogP contribution in [0.5, 0.6) is 5.75 Å². The molecule has 2 saturated heterocycles. The van der Waals surface area contributed by atoms with Gasteiger partial charge in [-0.15, -0.1) is 0 Å². The molecule has 6 nitrogen and oxygen atoms in total. The monoisotopic (exact) mass is 396 g/mol. The number of nitrogens with one attached hydrogen (secondary N) is 1. The molecule has 1 unspecified atom stereocenters. The standard InChI is InChI=1S/C20H32N2O4S/c1-16(2)8-10-22-11-9-21-18(12-22)13-26-19-6-4-17(5-7-19)20(14-25-15-20)27(3,23)24/h4-7,16,18,21H,8-15H2,1-3H3. The maximum Gasteiger partial charge on any atom is 0.161 e. The lowest BCUT2D eigenvalue weighted by molar-refractivity contribution is -0.0156. The average Bonchev–Trinajstić information content (AvgIpc) is 2.57. The third-order valence-corrected chi connectivity index (χ3v) is 7.47. The normalized spacial score (nSPS) is 23.2. The van der Waals surface area contributed by atoms with Gasteiger partial charge in [0, 0.05) is 25.9 Å². The Morgan fingerprint density at radius 2 is 2.00 bits per heavy atom. The maximum atomic E-state index is 12.2. The van der Waals surface area contributed by atoms with Crippen LogP contribution < -0.4 is 10.1 Å². The molecule has 2 fully saturated rings. The first-order valence-electron chi connectivity index (χ1n) is 9.76. The van der Waals surface area contributed by atoms with Gasteiger partial charge in [-0.05, 0) is 36.6 Å². The highest BCUT2D eigenvalue weighted by molar-refractivity contribution is 7.91. The van der Waals surface area contributed by atoms with Crippen LogP contribution in [0, 0.1) is 5.92 Å². The average molecular weight is 397 g/mol. The fraction of sp³-hybridized carbons (Fsp3) is 0.700. The number of ether oxygens (including phenoxy) is 2. The first-order chi connectivity index (χ1) is 12.8. The van der Waals surface area contributed by atoms with Crippen LogP contribution in [0.15, 0.2) is 24.3 Å². The Morgan fingerprint density at radius 3 is 2.56 bits per heavy atom. The van der Waals surface area contributed by atoms with Gasteiger partial charge in [0.25, 0.3) is 0 Å². The first kappa shape index (κ1) is 20.6. The SMILES string of the molecule is CC(C)CCN1CCNC(COc2ccc(C3(S(C)(=O)=O)COC3)cc2)C1. The van der Waals surface area contributed by atoms with E-state index >= 15 is 0 Å². The van der Waals surface area contributed by atoms with Crippen LogP contribution in [0.3, 0.4) is 0 Å². The molecule has 7 heteroatoms. The fourth-order valence-electron chi connectivity index (χ4n) is 3.58. The van der Waals surface area contributed by atoms with Crippen molar-refractivity contribution in [1.29, 1.82) is 0 Å². The molecule has 0 radical (unpaired) electrons. The molecule has 1 atom stereocenters. The van der Waals surface area contributed by atoms with Crippen LogP contribution in [-0.4, -0.2) is 71.6 Å². The highest BCUT2D eigenvalue weighted by Crippen LogP contribution is 2.37. The minimum atomic E-state index is -3.22. The summed E-state index contributed by atoms with van der Waals surface area (Å²) < 4.78 is 34.6. The van der Waals surface area contributed by atoms with Gasteiger partial charge in [0.1, 0.15) is 17.1 Å². The molecule has 152 valence electrons. The van der Waals surface area contributed by atoms with Crippen molar-refractivity contribution in [2.24, 2.45) is 5.92 Å².